The molecule has 3 aromatic heterocycles. The maximum Gasteiger partial charge on any atom is 0.159 e. The summed E-state index contributed by atoms with van der Waals surface area (Å²) in [4.78, 5) is 22.8. The first kappa shape index (κ1) is 19.7. The number of rotatable bonds is 4. The molecule has 5 rings (SSSR count). The van der Waals surface area contributed by atoms with Crippen LogP contribution in [0.3, 0.4) is 0 Å². The molecule has 1 saturated heterocycles. The number of benzene rings is 1. The van der Waals surface area contributed by atoms with Crippen molar-refractivity contribution in [2.75, 3.05) is 23.3 Å². The van der Waals surface area contributed by atoms with Crippen LogP contribution in [0, 0.1) is 5.82 Å². The van der Waals surface area contributed by atoms with Crippen LogP contribution in [0.5, 0.6) is 0 Å². The third kappa shape index (κ3) is 3.89. The highest BCUT2D eigenvalue weighted by Crippen LogP contribution is 2.32. The zero-order valence-electron chi connectivity index (χ0n) is 16.4. The van der Waals surface area contributed by atoms with Gasteiger partial charge in [-0.1, -0.05) is 17.7 Å². The molecule has 1 aliphatic heterocycles. The van der Waals surface area contributed by atoms with E-state index in [-0.39, 0.29) is 16.7 Å². The lowest BCUT2D eigenvalue weighted by Crippen LogP contribution is -2.36. The van der Waals surface area contributed by atoms with E-state index in [1.807, 2.05) is 6.07 Å². The van der Waals surface area contributed by atoms with Gasteiger partial charge in [-0.05, 0) is 31.0 Å². The van der Waals surface area contributed by atoms with Crippen LogP contribution in [-0.2, 0) is 0 Å². The molecule has 8 nitrogen and oxygen atoms in total. The topological polar surface area (TPSA) is 103 Å². The van der Waals surface area contributed by atoms with Gasteiger partial charge in [-0.3, -0.25) is 0 Å². The Morgan fingerprint density at radius 2 is 2.00 bits per heavy atom. The van der Waals surface area contributed by atoms with Crippen LogP contribution in [0.2, 0.25) is 5.02 Å². The van der Waals surface area contributed by atoms with Crippen molar-refractivity contribution in [3.05, 3.63) is 53.7 Å². The van der Waals surface area contributed by atoms with Gasteiger partial charge in [0.25, 0.3) is 0 Å². The molecule has 0 atom stereocenters. The van der Waals surface area contributed by atoms with E-state index in [0.29, 0.717) is 41.3 Å². The molecule has 0 amide bonds. The highest BCUT2D eigenvalue weighted by Gasteiger charge is 2.19. The van der Waals surface area contributed by atoms with Gasteiger partial charge in [0.2, 0.25) is 0 Å². The van der Waals surface area contributed by atoms with E-state index in [1.165, 1.54) is 12.4 Å². The summed E-state index contributed by atoms with van der Waals surface area (Å²) in [5.74, 6) is 1.68. The summed E-state index contributed by atoms with van der Waals surface area (Å²) in [5, 5.41) is 13.2. The van der Waals surface area contributed by atoms with Crippen LogP contribution in [0.25, 0.3) is 22.4 Å². The number of pyridine rings is 1. The van der Waals surface area contributed by atoms with Gasteiger partial charge in [-0.15, -0.1) is 0 Å². The van der Waals surface area contributed by atoms with E-state index in [4.69, 9.17) is 11.6 Å². The summed E-state index contributed by atoms with van der Waals surface area (Å²) in [5.41, 5.74) is 1.44. The second-order valence-electron chi connectivity index (χ2n) is 7.34. The molecule has 1 aliphatic rings. The van der Waals surface area contributed by atoms with Gasteiger partial charge >= 0.3 is 0 Å². The van der Waals surface area contributed by atoms with Crippen molar-refractivity contribution in [1.29, 1.82) is 0 Å². The lowest BCUT2D eigenvalue weighted by Gasteiger charge is -2.30. The highest BCUT2D eigenvalue weighted by atomic mass is 35.5. The standard InChI is InChI=1S/C21H19ClFN7O/c22-13-2-1-3-14(23)18(13)20-27-15-4-7-24-21(19(15)29-20)28-16-10-17(26-11-25-16)30-8-5-12(31)6-9-30/h1-4,7,10-12,31H,5-6,8-9H2,(H,27,29)(H,24,25,26,28). The Balaban J connectivity index is 1.46. The summed E-state index contributed by atoms with van der Waals surface area (Å²) in [6, 6.07) is 8.10. The lowest BCUT2D eigenvalue weighted by atomic mass is 10.1. The fourth-order valence-corrected chi connectivity index (χ4v) is 3.93. The fourth-order valence-electron chi connectivity index (χ4n) is 3.67. The molecular formula is C21H19ClFN7O. The number of aliphatic hydroxyl groups excluding tert-OH is 1. The number of aliphatic hydroxyl groups is 1. The maximum atomic E-state index is 14.3. The number of halogens is 2. The van der Waals surface area contributed by atoms with Gasteiger partial charge in [0.15, 0.2) is 5.82 Å². The van der Waals surface area contributed by atoms with Crippen molar-refractivity contribution in [3.63, 3.8) is 0 Å². The van der Waals surface area contributed by atoms with Gasteiger partial charge in [0.1, 0.15) is 35.1 Å². The number of fused-ring (bicyclic) bond motifs is 1. The highest BCUT2D eigenvalue weighted by molar-refractivity contribution is 6.33. The summed E-state index contributed by atoms with van der Waals surface area (Å²) in [6.45, 7) is 1.47. The molecule has 0 unspecified atom stereocenters. The molecule has 1 aromatic carbocycles. The Hall–Kier alpha value is -3.30. The number of anilines is 3. The first-order valence-electron chi connectivity index (χ1n) is 9.89. The zero-order chi connectivity index (χ0) is 21.4. The molecule has 0 aliphatic carbocycles. The van der Waals surface area contributed by atoms with Crippen LogP contribution in [0.4, 0.5) is 21.8 Å². The second-order valence-corrected chi connectivity index (χ2v) is 7.75. The fraction of sp³-hybridized carbons (Fsp3) is 0.238. The number of H-pyrrole nitrogens is 1. The second kappa shape index (κ2) is 8.09. The minimum Gasteiger partial charge on any atom is -0.393 e. The van der Waals surface area contributed by atoms with E-state index in [9.17, 15) is 9.50 Å². The first-order chi connectivity index (χ1) is 15.1. The Morgan fingerprint density at radius 3 is 2.81 bits per heavy atom. The lowest BCUT2D eigenvalue weighted by molar-refractivity contribution is 0.145. The van der Waals surface area contributed by atoms with E-state index in [1.54, 1.807) is 24.4 Å². The molecule has 4 heterocycles. The van der Waals surface area contributed by atoms with Crippen LogP contribution >= 0.6 is 11.6 Å². The van der Waals surface area contributed by atoms with Crippen LogP contribution in [0.15, 0.2) is 42.9 Å². The van der Waals surface area contributed by atoms with Crippen molar-refractivity contribution in [1.82, 2.24) is 24.9 Å². The molecule has 4 aromatic rings. The number of aromatic amines is 1. The molecule has 0 bridgehead atoms. The summed E-state index contributed by atoms with van der Waals surface area (Å²) >= 11 is 6.19. The maximum absolute atomic E-state index is 14.3. The SMILES string of the molecule is OC1CCN(c2cc(Nc3nccc4[nH]c(-c5c(F)cccc5Cl)nc34)ncn2)CC1. The van der Waals surface area contributed by atoms with Crippen molar-refractivity contribution < 1.29 is 9.50 Å². The van der Waals surface area contributed by atoms with E-state index >= 15 is 0 Å². The zero-order valence-corrected chi connectivity index (χ0v) is 17.1. The number of hydrogen-bond acceptors (Lipinski definition) is 7. The van der Waals surface area contributed by atoms with E-state index in [2.05, 4.69) is 35.1 Å². The largest absolute Gasteiger partial charge is 0.393 e. The van der Waals surface area contributed by atoms with E-state index < -0.39 is 5.82 Å². The van der Waals surface area contributed by atoms with Crippen LogP contribution < -0.4 is 10.2 Å². The number of imidazole rings is 1. The van der Waals surface area contributed by atoms with Gasteiger partial charge in [0, 0.05) is 25.4 Å². The minimum absolute atomic E-state index is 0.211. The van der Waals surface area contributed by atoms with Gasteiger partial charge in [-0.25, -0.2) is 24.3 Å². The summed E-state index contributed by atoms with van der Waals surface area (Å²) in [7, 11) is 0. The normalized spacial score (nSPS) is 14.9. The number of nitrogens with zero attached hydrogens (tertiary/aromatic N) is 5. The van der Waals surface area contributed by atoms with Crippen molar-refractivity contribution in [2.24, 2.45) is 0 Å². The Morgan fingerprint density at radius 1 is 1.16 bits per heavy atom. The Kier molecular flexibility index (Phi) is 5.13. The van der Waals surface area contributed by atoms with Crippen LogP contribution in [-0.4, -0.2) is 49.2 Å². The van der Waals surface area contributed by atoms with Gasteiger partial charge in [-0.2, -0.15) is 0 Å². The monoisotopic (exact) mass is 439 g/mol. The minimum atomic E-state index is -0.457. The smallest absolute Gasteiger partial charge is 0.159 e. The molecule has 158 valence electrons. The molecular weight excluding hydrogens is 421 g/mol. The number of nitrogens with one attached hydrogen (secondary N) is 2. The molecule has 0 spiro atoms. The average molecular weight is 440 g/mol. The molecule has 0 saturated carbocycles. The predicted molar refractivity (Wildman–Crippen MR) is 117 cm³/mol. The quantitative estimate of drug-likeness (QED) is 0.443. The van der Waals surface area contributed by atoms with Gasteiger partial charge in [0.05, 0.1) is 22.2 Å². The number of aromatic nitrogens is 5. The van der Waals surface area contributed by atoms with Crippen molar-refractivity contribution in [2.45, 2.75) is 18.9 Å². The van der Waals surface area contributed by atoms with Crippen molar-refractivity contribution >= 4 is 40.1 Å². The first-order valence-corrected chi connectivity index (χ1v) is 10.3. The molecule has 1 fully saturated rings. The third-order valence-electron chi connectivity index (χ3n) is 5.29. The molecule has 3 N–H and O–H groups in total. The molecule has 31 heavy (non-hydrogen) atoms. The van der Waals surface area contributed by atoms with E-state index in [0.717, 1.165) is 18.9 Å². The Bertz CT molecular complexity index is 1220. The number of piperidine rings is 1. The number of hydrogen-bond donors (Lipinski definition) is 3. The molecule has 10 heteroatoms. The summed E-state index contributed by atoms with van der Waals surface area (Å²) < 4.78 is 14.3. The van der Waals surface area contributed by atoms with Gasteiger partial charge < -0.3 is 20.3 Å². The van der Waals surface area contributed by atoms with Crippen LogP contribution in [0.1, 0.15) is 12.8 Å². The Labute approximate surface area is 182 Å². The van der Waals surface area contributed by atoms with Crippen molar-refractivity contribution in [3.8, 4) is 11.4 Å². The predicted octanol–water partition coefficient (Wildman–Crippen LogP) is 3.91. The third-order valence-corrected chi connectivity index (χ3v) is 5.60. The summed E-state index contributed by atoms with van der Waals surface area (Å²) in [6.07, 6.45) is 4.28. The average Bonchev–Trinajstić information content (AvgIpc) is 3.19. The molecule has 0 radical (unpaired) electrons.